The predicted octanol–water partition coefficient (Wildman–Crippen LogP) is 2.58. The zero-order valence-corrected chi connectivity index (χ0v) is 12.5. The van der Waals surface area contributed by atoms with Gasteiger partial charge in [0.25, 0.3) is 0 Å². The fourth-order valence-corrected chi connectivity index (χ4v) is 2.79. The number of anilines is 1. The highest BCUT2D eigenvalue weighted by Gasteiger charge is 2.27. The summed E-state index contributed by atoms with van der Waals surface area (Å²) in [5.74, 6) is 2.18. The van der Waals surface area contributed by atoms with Gasteiger partial charge in [-0.25, -0.2) is 9.97 Å². The van der Waals surface area contributed by atoms with E-state index in [9.17, 15) is 5.11 Å². The van der Waals surface area contributed by atoms with Crippen molar-refractivity contribution >= 4 is 5.82 Å². The van der Waals surface area contributed by atoms with Gasteiger partial charge in [-0.15, -0.1) is 0 Å². The first-order valence-electron chi connectivity index (χ1n) is 7.43. The van der Waals surface area contributed by atoms with Gasteiger partial charge in [-0.3, -0.25) is 0 Å². The number of nitrogens with zero attached hydrogens (tertiary/aromatic N) is 2. The second-order valence-electron chi connectivity index (χ2n) is 5.86. The van der Waals surface area contributed by atoms with Crippen LogP contribution in [0.1, 0.15) is 42.6 Å². The fourth-order valence-electron chi connectivity index (χ4n) is 2.79. The molecule has 5 nitrogen and oxygen atoms in total. The highest BCUT2D eigenvalue weighted by molar-refractivity contribution is 5.48. The topological polar surface area (TPSA) is 71.2 Å². The van der Waals surface area contributed by atoms with Crippen molar-refractivity contribution in [1.82, 2.24) is 9.97 Å². The molecule has 21 heavy (non-hydrogen) atoms. The number of hydrogen-bond donors (Lipinski definition) is 2. The first-order valence-corrected chi connectivity index (χ1v) is 7.43. The number of aliphatic hydroxyl groups is 1. The van der Waals surface area contributed by atoms with E-state index < -0.39 is 5.60 Å². The summed E-state index contributed by atoms with van der Waals surface area (Å²) in [5, 5.41) is 13.8. The maximum atomic E-state index is 10.5. The molecule has 112 valence electrons. The van der Waals surface area contributed by atoms with Crippen molar-refractivity contribution in [1.29, 1.82) is 0 Å². The third kappa shape index (κ3) is 2.93. The van der Waals surface area contributed by atoms with Crippen molar-refractivity contribution in [3.63, 3.8) is 0 Å². The quantitative estimate of drug-likeness (QED) is 0.904. The lowest BCUT2D eigenvalue weighted by molar-refractivity contribution is 0.0475. The summed E-state index contributed by atoms with van der Waals surface area (Å²) in [4.78, 5) is 9.04. The van der Waals surface area contributed by atoms with Crippen molar-refractivity contribution in [3.8, 4) is 0 Å². The minimum Gasteiger partial charge on any atom is -0.466 e. The standard InChI is InChI=1S/C16H21N3O2/c1-11-18-13-7-4-3-6-12(13)15(19-11)17-10-16(2,20)14-8-5-9-21-14/h5,8-9,20H,3-4,6-7,10H2,1-2H3,(H,17,18,19). The van der Waals surface area contributed by atoms with E-state index in [0.717, 1.165) is 30.2 Å². The second-order valence-corrected chi connectivity index (χ2v) is 5.86. The summed E-state index contributed by atoms with van der Waals surface area (Å²) in [6.45, 7) is 3.99. The minimum absolute atomic E-state index is 0.351. The van der Waals surface area contributed by atoms with Gasteiger partial charge in [-0.05, 0) is 51.7 Å². The minimum atomic E-state index is -1.07. The van der Waals surface area contributed by atoms with Crippen LogP contribution in [0.2, 0.25) is 0 Å². The van der Waals surface area contributed by atoms with Gasteiger partial charge in [0, 0.05) is 11.3 Å². The second kappa shape index (κ2) is 5.48. The van der Waals surface area contributed by atoms with Gasteiger partial charge in [0.1, 0.15) is 23.0 Å². The Labute approximate surface area is 124 Å². The largest absolute Gasteiger partial charge is 0.466 e. The zero-order valence-electron chi connectivity index (χ0n) is 12.5. The van der Waals surface area contributed by atoms with Crippen molar-refractivity contribution in [2.75, 3.05) is 11.9 Å². The van der Waals surface area contributed by atoms with Crippen LogP contribution in [-0.2, 0) is 18.4 Å². The number of aromatic nitrogens is 2. The first-order chi connectivity index (χ1) is 10.1. The molecule has 5 heteroatoms. The molecule has 1 aliphatic carbocycles. The highest BCUT2D eigenvalue weighted by atomic mass is 16.4. The Morgan fingerprint density at radius 1 is 1.33 bits per heavy atom. The van der Waals surface area contributed by atoms with Gasteiger partial charge in [0.15, 0.2) is 0 Å². The van der Waals surface area contributed by atoms with Gasteiger partial charge in [-0.2, -0.15) is 0 Å². The van der Waals surface area contributed by atoms with Gasteiger partial charge < -0.3 is 14.8 Å². The monoisotopic (exact) mass is 287 g/mol. The molecule has 0 saturated heterocycles. The number of aryl methyl sites for hydroxylation is 2. The Hall–Kier alpha value is -1.88. The molecule has 0 radical (unpaired) electrons. The number of furan rings is 1. The van der Waals surface area contributed by atoms with Gasteiger partial charge >= 0.3 is 0 Å². The van der Waals surface area contributed by atoms with Gasteiger partial charge in [0.2, 0.25) is 0 Å². The SMILES string of the molecule is Cc1nc2c(c(NCC(C)(O)c3ccco3)n1)CCCC2. The third-order valence-electron chi connectivity index (χ3n) is 3.95. The molecule has 2 heterocycles. The Morgan fingerprint density at radius 2 is 2.14 bits per heavy atom. The van der Waals surface area contributed by atoms with E-state index in [4.69, 9.17) is 4.42 Å². The molecule has 1 unspecified atom stereocenters. The summed E-state index contributed by atoms with van der Waals surface area (Å²) in [5.41, 5.74) is 1.28. The molecule has 2 N–H and O–H groups in total. The number of rotatable bonds is 4. The Kier molecular flexibility index (Phi) is 3.68. The molecular formula is C16H21N3O2. The van der Waals surface area contributed by atoms with Crippen LogP contribution in [0.4, 0.5) is 5.82 Å². The van der Waals surface area contributed by atoms with Crippen LogP contribution >= 0.6 is 0 Å². The molecule has 0 bridgehead atoms. The normalized spacial score (nSPS) is 17.1. The Balaban J connectivity index is 1.81. The molecule has 3 rings (SSSR count). The zero-order chi connectivity index (χ0) is 14.9. The fraction of sp³-hybridized carbons (Fsp3) is 0.500. The van der Waals surface area contributed by atoms with Crippen LogP contribution in [0, 0.1) is 6.92 Å². The summed E-state index contributed by atoms with van der Waals surface area (Å²) in [6, 6.07) is 3.56. The van der Waals surface area contributed by atoms with E-state index in [1.165, 1.54) is 18.4 Å². The average molecular weight is 287 g/mol. The molecule has 0 aromatic carbocycles. The Bertz CT molecular complexity index is 621. The van der Waals surface area contributed by atoms with Crippen LogP contribution in [0.3, 0.4) is 0 Å². The molecule has 0 amide bonds. The van der Waals surface area contributed by atoms with Crippen LogP contribution in [0.5, 0.6) is 0 Å². The molecule has 1 aliphatic rings. The smallest absolute Gasteiger partial charge is 0.136 e. The van der Waals surface area contributed by atoms with E-state index in [0.29, 0.717) is 12.3 Å². The summed E-state index contributed by atoms with van der Waals surface area (Å²) in [7, 11) is 0. The van der Waals surface area contributed by atoms with Crippen LogP contribution in [0.15, 0.2) is 22.8 Å². The summed E-state index contributed by atoms with van der Waals surface area (Å²) >= 11 is 0. The number of hydrogen-bond acceptors (Lipinski definition) is 5. The van der Waals surface area contributed by atoms with E-state index in [2.05, 4.69) is 15.3 Å². The molecule has 0 saturated carbocycles. The average Bonchev–Trinajstić information content (AvgIpc) is 2.99. The number of fused-ring (bicyclic) bond motifs is 1. The molecule has 0 fully saturated rings. The van der Waals surface area contributed by atoms with Crippen molar-refractivity contribution in [2.24, 2.45) is 0 Å². The lowest BCUT2D eigenvalue weighted by atomic mass is 9.96. The number of nitrogens with one attached hydrogen (secondary N) is 1. The lowest BCUT2D eigenvalue weighted by Crippen LogP contribution is -2.31. The molecule has 0 aliphatic heterocycles. The van der Waals surface area contributed by atoms with Gasteiger partial charge in [-0.1, -0.05) is 0 Å². The van der Waals surface area contributed by atoms with E-state index in [1.807, 2.05) is 6.92 Å². The van der Waals surface area contributed by atoms with Crippen molar-refractivity contribution in [3.05, 3.63) is 41.2 Å². The van der Waals surface area contributed by atoms with Crippen LogP contribution in [0.25, 0.3) is 0 Å². The molecule has 0 spiro atoms. The van der Waals surface area contributed by atoms with E-state index >= 15 is 0 Å². The van der Waals surface area contributed by atoms with Crippen molar-refractivity contribution in [2.45, 2.75) is 45.1 Å². The first kappa shape index (κ1) is 14.1. The van der Waals surface area contributed by atoms with E-state index in [-0.39, 0.29) is 0 Å². The predicted molar refractivity (Wildman–Crippen MR) is 80.2 cm³/mol. The molecule has 2 aromatic heterocycles. The Morgan fingerprint density at radius 3 is 2.90 bits per heavy atom. The molecule has 2 aromatic rings. The summed E-state index contributed by atoms with van der Waals surface area (Å²) < 4.78 is 5.30. The maximum Gasteiger partial charge on any atom is 0.136 e. The highest BCUT2D eigenvalue weighted by Crippen LogP contribution is 2.27. The van der Waals surface area contributed by atoms with E-state index in [1.54, 1.807) is 25.3 Å². The molecular weight excluding hydrogens is 266 g/mol. The summed E-state index contributed by atoms with van der Waals surface area (Å²) in [6.07, 6.45) is 5.94. The maximum absolute atomic E-state index is 10.5. The lowest BCUT2D eigenvalue weighted by Gasteiger charge is -2.24. The molecule has 1 atom stereocenters. The van der Waals surface area contributed by atoms with Crippen LogP contribution in [-0.4, -0.2) is 21.6 Å². The van der Waals surface area contributed by atoms with Crippen molar-refractivity contribution < 1.29 is 9.52 Å². The van der Waals surface area contributed by atoms with Gasteiger partial charge in [0.05, 0.1) is 12.8 Å². The third-order valence-corrected chi connectivity index (χ3v) is 3.95. The van der Waals surface area contributed by atoms with Crippen LogP contribution < -0.4 is 5.32 Å².